The molecule has 3 aliphatic heterocycles. The van der Waals surface area contributed by atoms with E-state index >= 15 is 0 Å². The summed E-state index contributed by atoms with van der Waals surface area (Å²) in [5.41, 5.74) is 0. The van der Waals surface area contributed by atoms with Crippen molar-refractivity contribution in [3.63, 3.8) is 0 Å². The summed E-state index contributed by atoms with van der Waals surface area (Å²) in [5, 5.41) is 0. The maximum atomic E-state index is 13.0. The van der Waals surface area contributed by atoms with Crippen LogP contribution in [0.25, 0.3) is 0 Å². The van der Waals surface area contributed by atoms with Crippen LogP contribution in [0, 0.1) is 5.92 Å². The molecule has 0 aromatic heterocycles. The molecule has 1 aliphatic carbocycles. The van der Waals surface area contributed by atoms with Gasteiger partial charge in [0.1, 0.15) is 13.2 Å². The molecule has 0 aromatic carbocycles. The van der Waals surface area contributed by atoms with Gasteiger partial charge in [-0.1, -0.05) is 12.8 Å². The molecule has 0 radical (unpaired) electrons. The van der Waals surface area contributed by atoms with Crippen molar-refractivity contribution in [1.82, 2.24) is 14.7 Å². The number of hydrogen-bond donors (Lipinski definition) is 0. The Morgan fingerprint density at radius 3 is 2.39 bits per heavy atom. The monoisotopic (exact) mass is 393 g/mol. The number of likely N-dealkylation sites (tertiary alicyclic amines) is 1. The number of piperidine rings is 1. The van der Waals surface area contributed by atoms with Gasteiger partial charge in [0.05, 0.1) is 12.6 Å². The summed E-state index contributed by atoms with van der Waals surface area (Å²) in [6, 6.07) is 0.798. The van der Waals surface area contributed by atoms with Gasteiger partial charge < -0.3 is 19.3 Å². The number of carbonyl (C=O) groups is 2. The highest BCUT2D eigenvalue weighted by atomic mass is 16.6. The molecule has 1 atom stereocenters. The van der Waals surface area contributed by atoms with Gasteiger partial charge >= 0.3 is 6.09 Å². The van der Waals surface area contributed by atoms with Gasteiger partial charge in [0.2, 0.25) is 5.91 Å². The topological polar surface area (TPSA) is 62.3 Å². The van der Waals surface area contributed by atoms with Crippen LogP contribution in [0.2, 0.25) is 0 Å². The standard InChI is InChI=1S/C21H35N3O4/c25-20(16-23-11-13-28-21(23)26)24(15-19-6-3-12-27-19)14-17-7-9-22(10-8-17)18-4-1-2-5-18/h17-19H,1-16H2/t19-/m0/s1. The van der Waals surface area contributed by atoms with E-state index in [0.29, 0.717) is 25.6 Å². The molecule has 28 heavy (non-hydrogen) atoms. The first kappa shape index (κ1) is 20.0. The molecule has 7 heteroatoms. The van der Waals surface area contributed by atoms with Gasteiger partial charge in [0.25, 0.3) is 0 Å². The molecule has 3 heterocycles. The fourth-order valence-corrected chi connectivity index (χ4v) is 5.23. The Kier molecular flexibility index (Phi) is 6.73. The lowest BCUT2D eigenvalue weighted by atomic mass is 9.94. The van der Waals surface area contributed by atoms with E-state index in [1.165, 1.54) is 30.6 Å². The average molecular weight is 394 g/mol. The Morgan fingerprint density at radius 2 is 1.75 bits per heavy atom. The van der Waals surface area contributed by atoms with Crippen LogP contribution in [0.4, 0.5) is 4.79 Å². The molecule has 7 nitrogen and oxygen atoms in total. The zero-order chi connectivity index (χ0) is 19.3. The maximum absolute atomic E-state index is 13.0. The molecule has 0 N–H and O–H groups in total. The molecule has 0 unspecified atom stereocenters. The second-order valence-electron chi connectivity index (χ2n) is 8.89. The summed E-state index contributed by atoms with van der Waals surface area (Å²) in [6.45, 7) is 5.60. The van der Waals surface area contributed by atoms with E-state index < -0.39 is 0 Å². The third-order valence-electron chi connectivity index (χ3n) is 6.94. The van der Waals surface area contributed by atoms with Crippen LogP contribution in [-0.4, -0.2) is 91.3 Å². The van der Waals surface area contributed by atoms with Crippen molar-refractivity contribution in [2.45, 2.75) is 63.5 Å². The molecule has 0 spiro atoms. The van der Waals surface area contributed by atoms with E-state index in [-0.39, 0.29) is 24.6 Å². The predicted molar refractivity (Wildman–Crippen MR) is 105 cm³/mol. The highest BCUT2D eigenvalue weighted by Crippen LogP contribution is 2.28. The number of carbonyl (C=O) groups excluding carboxylic acids is 2. The summed E-state index contributed by atoms with van der Waals surface area (Å²) in [5.74, 6) is 0.584. The van der Waals surface area contributed by atoms with E-state index in [1.807, 2.05) is 4.90 Å². The quantitative estimate of drug-likeness (QED) is 0.663. The van der Waals surface area contributed by atoms with Gasteiger partial charge in [-0.15, -0.1) is 0 Å². The first-order valence-electron chi connectivity index (χ1n) is 11.2. The summed E-state index contributed by atoms with van der Waals surface area (Å²) < 4.78 is 10.8. The van der Waals surface area contributed by atoms with Gasteiger partial charge in [-0.05, 0) is 57.5 Å². The Hall–Kier alpha value is -1.34. The lowest BCUT2D eigenvalue weighted by molar-refractivity contribution is -0.134. The number of nitrogens with zero attached hydrogens (tertiary/aromatic N) is 3. The molecule has 0 aromatic rings. The van der Waals surface area contributed by atoms with Gasteiger partial charge in [-0.25, -0.2) is 4.79 Å². The summed E-state index contributed by atoms with van der Waals surface area (Å²) in [6.07, 6.45) is 9.69. The second-order valence-corrected chi connectivity index (χ2v) is 8.89. The van der Waals surface area contributed by atoms with E-state index in [1.54, 1.807) is 0 Å². The average Bonchev–Trinajstić information content (AvgIpc) is 3.46. The van der Waals surface area contributed by atoms with E-state index in [9.17, 15) is 9.59 Å². The third-order valence-corrected chi connectivity index (χ3v) is 6.94. The minimum absolute atomic E-state index is 0.0348. The molecule has 2 amide bonds. The number of cyclic esters (lactones) is 1. The van der Waals surface area contributed by atoms with Crippen LogP contribution in [0.3, 0.4) is 0 Å². The normalized spacial score (nSPS) is 27.5. The van der Waals surface area contributed by atoms with Crippen LogP contribution in [-0.2, 0) is 14.3 Å². The Labute approximate surface area is 168 Å². The molecular formula is C21H35N3O4. The number of amides is 2. The summed E-state index contributed by atoms with van der Waals surface area (Å²) in [7, 11) is 0. The highest BCUT2D eigenvalue weighted by Gasteiger charge is 2.32. The highest BCUT2D eigenvalue weighted by molar-refractivity contribution is 5.83. The lowest BCUT2D eigenvalue weighted by Gasteiger charge is -2.38. The van der Waals surface area contributed by atoms with Crippen molar-refractivity contribution in [2.75, 3.05) is 52.5 Å². The SMILES string of the molecule is O=C(CN1CCOC1=O)N(CC1CCN(C2CCCC2)CC1)C[C@@H]1CCCO1. The predicted octanol–water partition coefficient (Wildman–Crippen LogP) is 2.10. The van der Waals surface area contributed by atoms with Crippen molar-refractivity contribution in [2.24, 2.45) is 5.92 Å². The van der Waals surface area contributed by atoms with Gasteiger partial charge in [-0.2, -0.15) is 0 Å². The largest absolute Gasteiger partial charge is 0.448 e. The zero-order valence-corrected chi connectivity index (χ0v) is 17.0. The molecule has 158 valence electrons. The van der Waals surface area contributed by atoms with Crippen molar-refractivity contribution in [1.29, 1.82) is 0 Å². The van der Waals surface area contributed by atoms with Crippen LogP contribution in [0.1, 0.15) is 51.4 Å². The second kappa shape index (κ2) is 9.44. The van der Waals surface area contributed by atoms with Crippen molar-refractivity contribution in [3.8, 4) is 0 Å². The Morgan fingerprint density at radius 1 is 0.964 bits per heavy atom. The smallest absolute Gasteiger partial charge is 0.410 e. The maximum Gasteiger partial charge on any atom is 0.410 e. The molecule has 1 saturated carbocycles. The molecule has 3 saturated heterocycles. The fourth-order valence-electron chi connectivity index (χ4n) is 5.23. The number of ether oxygens (including phenoxy) is 2. The van der Waals surface area contributed by atoms with Crippen LogP contribution in [0.5, 0.6) is 0 Å². The number of hydrogen-bond acceptors (Lipinski definition) is 5. The minimum atomic E-state index is -0.365. The first-order valence-corrected chi connectivity index (χ1v) is 11.2. The van der Waals surface area contributed by atoms with Gasteiger partial charge in [0, 0.05) is 25.7 Å². The van der Waals surface area contributed by atoms with Crippen LogP contribution >= 0.6 is 0 Å². The Bertz CT molecular complexity index is 538. The third kappa shape index (κ3) is 4.98. The van der Waals surface area contributed by atoms with E-state index in [0.717, 1.165) is 58.0 Å². The van der Waals surface area contributed by atoms with E-state index in [2.05, 4.69) is 4.90 Å². The molecule has 4 fully saturated rings. The molecule has 4 rings (SSSR count). The summed E-state index contributed by atoms with van der Waals surface area (Å²) >= 11 is 0. The van der Waals surface area contributed by atoms with Crippen molar-refractivity contribution in [3.05, 3.63) is 0 Å². The van der Waals surface area contributed by atoms with Crippen LogP contribution in [0.15, 0.2) is 0 Å². The summed E-state index contributed by atoms with van der Waals surface area (Å²) in [4.78, 5) is 30.9. The molecular weight excluding hydrogens is 358 g/mol. The first-order chi connectivity index (χ1) is 13.7. The molecule has 0 bridgehead atoms. The number of rotatable bonds is 7. The zero-order valence-electron chi connectivity index (χ0n) is 17.0. The fraction of sp³-hybridized carbons (Fsp3) is 0.905. The van der Waals surface area contributed by atoms with Crippen LogP contribution < -0.4 is 0 Å². The molecule has 4 aliphatic rings. The van der Waals surface area contributed by atoms with Gasteiger partial charge in [-0.3, -0.25) is 9.69 Å². The Balaban J connectivity index is 1.30. The van der Waals surface area contributed by atoms with Crippen molar-refractivity contribution >= 4 is 12.0 Å². The van der Waals surface area contributed by atoms with E-state index in [4.69, 9.17) is 9.47 Å². The van der Waals surface area contributed by atoms with Crippen molar-refractivity contribution < 1.29 is 19.1 Å². The minimum Gasteiger partial charge on any atom is -0.448 e. The lowest BCUT2D eigenvalue weighted by Crippen LogP contribution is -2.48. The van der Waals surface area contributed by atoms with Gasteiger partial charge in [0.15, 0.2) is 0 Å².